The van der Waals surface area contributed by atoms with Gasteiger partial charge in [-0.1, -0.05) is 6.92 Å². The third kappa shape index (κ3) is 2.69. The first-order chi connectivity index (χ1) is 8.13. The summed E-state index contributed by atoms with van der Waals surface area (Å²) in [4.78, 5) is 8.64. The van der Waals surface area contributed by atoms with E-state index in [0.29, 0.717) is 12.1 Å². The van der Waals surface area contributed by atoms with Crippen LogP contribution in [-0.4, -0.2) is 35.6 Å². The monoisotopic (exact) mass is 253 g/mol. The highest BCUT2D eigenvalue weighted by atomic mass is 32.1. The molecule has 0 aliphatic carbocycles. The number of aryl methyl sites for hydroxylation is 2. The Hall–Kier alpha value is -0.450. The maximum Gasteiger partial charge on any atom is 0.0900 e. The van der Waals surface area contributed by atoms with E-state index < -0.39 is 0 Å². The van der Waals surface area contributed by atoms with Gasteiger partial charge in [0.15, 0.2) is 0 Å². The first kappa shape index (κ1) is 13.0. The van der Waals surface area contributed by atoms with E-state index in [1.165, 1.54) is 28.5 Å². The van der Waals surface area contributed by atoms with Gasteiger partial charge in [-0.3, -0.25) is 4.90 Å². The summed E-state index contributed by atoms with van der Waals surface area (Å²) in [6.07, 6.45) is 1.22. The van der Waals surface area contributed by atoms with Gasteiger partial charge in [0, 0.05) is 30.1 Å². The molecule has 0 spiro atoms. The average Bonchev–Trinajstić information content (AvgIpc) is 2.53. The van der Waals surface area contributed by atoms with E-state index >= 15 is 0 Å². The number of hydrogen-bond donors (Lipinski definition) is 1. The molecule has 2 heterocycles. The maximum absolute atomic E-state index is 4.55. The van der Waals surface area contributed by atoms with E-state index in [-0.39, 0.29) is 0 Å². The second-order valence-electron chi connectivity index (χ2n) is 4.91. The van der Waals surface area contributed by atoms with Crippen LogP contribution in [0.25, 0.3) is 0 Å². The van der Waals surface area contributed by atoms with Crippen molar-refractivity contribution >= 4 is 11.3 Å². The normalized spacial score (nSPS) is 18.4. The minimum absolute atomic E-state index is 0.508. The van der Waals surface area contributed by atoms with Crippen LogP contribution in [0.2, 0.25) is 0 Å². The zero-order chi connectivity index (χ0) is 12.4. The highest BCUT2D eigenvalue weighted by molar-refractivity contribution is 7.11. The predicted molar refractivity (Wildman–Crippen MR) is 73.7 cm³/mol. The second-order valence-corrected chi connectivity index (χ2v) is 6.14. The van der Waals surface area contributed by atoms with Gasteiger partial charge in [-0.15, -0.1) is 11.3 Å². The zero-order valence-corrected chi connectivity index (χ0v) is 12.1. The van der Waals surface area contributed by atoms with Crippen LogP contribution in [0, 0.1) is 13.8 Å². The van der Waals surface area contributed by atoms with Crippen molar-refractivity contribution in [1.82, 2.24) is 15.2 Å². The lowest BCUT2D eigenvalue weighted by Gasteiger charge is -2.41. The molecule has 1 unspecified atom stereocenters. The molecular weight excluding hydrogens is 230 g/mol. The SMILES string of the molecule is CCCN(C1CNC1)C(C)c1sc(C)nc1C. The summed E-state index contributed by atoms with van der Waals surface area (Å²) in [5.41, 5.74) is 1.22. The second kappa shape index (κ2) is 5.46. The van der Waals surface area contributed by atoms with Crippen molar-refractivity contribution in [3.63, 3.8) is 0 Å². The standard InChI is InChI=1S/C13H23N3S/c1-5-6-16(12-7-14-8-12)10(3)13-9(2)15-11(4)17-13/h10,12,14H,5-8H2,1-4H3. The molecule has 2 rings (SSSR count). The third-order valence-electron chi connectivity index (χ3n) is 3.53. The first-order valence-electron chi connectivity index (χ1n) is 6.53. The van der Waals surface area contributed by atoms with E-state index in [2.05, 4.69) is 42.9 Å². The van der Waals surface area contributed by atoms with Crippen LogP contribution < -0.4 is 5.32 Å². The smallest absolute Gasteiger partial charge is 0.0900 e. The number of aromatic nitrogens is 1. The van der Waals surface area contributed by atoms with Crippen molar-refractivity contribution in [2.45, 2.75) is 46.2 Å². The fraction of sp³-hybridized carbons (Fsp3) is 0.769. The molecule has 1 fully saturated rings. The van der Waals surface area contributed by atoms with Gasteiger partial charge in [0.2, 0.25) is 0 Å². The molecule has 3 nitrogen and oxygen atoms in total. The molecule has 1 atom stereocenters. The Balaban J connectivity index is 2.14. The molecular formula is C13H23N3S. The summed E-state index contributed by atoms with van der Waals surface area (Å²) in [6.45, 7) is 12.3. The Labute approximate surface area is 108 Å². The highest BCUT2D eigenvalue weighted by Crippen LogP contribution is 2.31. The van der Waals surface area contributed by atoms with Crippen LogP contribution in [0.15, 0.2) is 0 Å². The molecule has 0 saturated carbocycles. The molecule has 1 N–H and O–H groups in total. The number of thiazole rings is 1. The maximum atomic E-state index is 4.55. The zero-order valence-electron chi connectivity index (χ0n) is 11.3. The predicted octanol–water partition coefficient (Wildman–Crippen LogP) is 2.50. The quantitative estimate of drug-likeness (QED) is 0.874. The summed E-state index contributed by atoms with van der Waals surface area (Å²) in [5.74, 6) is 0. The average molecular weight is 253 g/mol. The van der Waals surface area contributed by atoms with Crippen LogP contribution in [0.4, 0.5) is 0 Å². The Kier molecular flexibility index (Phi) is 4.17. The Morgan fingerprint density at radius 2 is 2.18 bits per heavy atom. The van der Waals surface area contributed by atoms with Crippen molar-refractivity contribution in [1.29, 1.82) is 0 Å². The van der Waals surface area contributed by atoms with Gasteiger partial charge < -0.3 is 5.32 Å². The van der Waals surface area contributed by atoms with E-state index in [4.69, 9.17) is 0 Å². The van der Waals surface area contributed by atoms with Gasteiger partial charge in [-0.2, -0.15) is 0 Å². The van der Waals surface area contributed by atoms with Gasteiger partial charge in [-0.25, -0.2) is 4.98 Å². The molecule has 0 amide bonds. The third-order valence-corrected chi connectivity index (χ3v) is 4.77. The van der Waals surface area contributed by atoms with E-state index in [1.807, 2.05) is 11.3 Å². The lowest BCUT2D eigenvalue weighted by atomic mass is 10.1. The number of nitrogens with zero attached hydrogens (tertiary/aromatic N) is 2. The van der Waals surface area contributed by atoms with Crippen LogP contribution >= 0.6 is 11.3 Å². The lowest BCUT2D eigenvalue weighted by molar-refractivity contribution is 0.104. The fourth-order valence-corrected chi connectivity index (χ4v) is 3.54. The van der Waals surface area contributed by atoms with Gasteiger partial charge in [-0.05, 0) is 33.7 Å². The molecule has 0 aromatic carbocycles. The first-order valence-corrected chi connectivity index (χ1v) is 7.35. The fourth-order valence-electron chi connectivity index (χ4n) is 2.54. The summed E-state index contributed by atoms with van der Waals surface area (Å²) < 4.78 is 0. The minimum Gasteiger partial charge on any atom is -0.314 e. The largest absolute Gasteiger partial charge is 0.314 e. The number of rotatable bonds is 5. The summed E-state index contributed by atoms with van der Waals surface area (Å²) in [5, 5.41) is 4.56. The van der Waals surface area contributed by atoms with Gasteiger partial charge in [0.1, 0.15) is 0 Å². The minimum atomic E-state index is 0.508. The van der Waals surface area contributed by atoms with Crippen LogP contribution in [0.1, 0.15) is 41.9 Å². The summed E-state index contributed by atoms with van der Waals surface area (Å²) >= 11 is 1.86. The molecule has 1 saturated heterocycles. The van der Waals surface area contributed by atoms with Crippen molar-refractivity contribution < 1.29 is 0 Å². The molecule has 1 aromatic rings. The van der Waals surface area contributed by atoms with Crippen molar-refractivity contribution in [3.05, 3.63) is 15.6 Å². The lowest BCUT2D eigenvalue weighted by Crippen LogP contribution is -2.57. The topological polar surface area (TPSA) is 28.2 Å². The molecule has 4 heteroatoms. The summed E-state index contributed by atoms with van der Waals surface area (Å²) in [6, 6.07) is 1.22. The van der Waals surface area contributed by atoms with Crippen LogP contribution in [0.3, 0.4) is 0 Å². The van der Waals surface area contributed by atoms with Crippen molar-refractivity contribution in [2.24, 2.45) is 0 Å². The van der Waals surface area contributed by atoms with Gasteiger partial charge in [0.05, 0.1) is 10.7 Å². The Morgan fingerprint density at radius 1 is 1.47 bits per heavy atom. The van der Waals surface area contributed by atoms with Crippen LogP contribution in [-0.2, 0) is 0 Å². The van der Waals surface area contributed by atoms with Crippen molar-refractivity contribution in [3.8, 4) is 0 Å². The van der Waals surface area contributed by atoms with Crippen molar-refractivity contribution in [2.75, 3.05) is 19.6 Å². The molecule has 17 heavy (non-hydrogen) atoms. The molecule has 96 valence electrons. The number of nitrogens with one attached hydrogen (secondary N) is 1. The van der Waals surface area contributed by atoms with Gasteiger partial charge in [0.25, 0.3) is 0 Å². The molecule has 1 aliphatic heterocycles. The Bertz CT molecular complexity index is 371. The Morgan fingerprint density at radius 3 is 2.59 bits per heavy atom. The molecule has 1 aromatic heterocycles. The summed E-state index contributed by atoms with van der Waals surface area (Å²) in [7, 11) is 0. The van der Waals surface area contributed by atoms with E-state index in [0.717, 1.165) is 13.1 Å². The molecule has 0 bridgehead atoms. The van der Waals surface area contributed by atoms with Crippen LogP contribution in [0.5, 0.6) is 0 Å². The molecule has 1 aliphatic rings. The number of hydrogen-bond acceptors (Lipinski definition) is 4. The van der Waals surface area contributed by atoms with E-state index in [9.17, 15) is 0 Å². The van der Waals surface area contributed by atoms with Gasteiger partial charge >= 0.3 is 0 Å². The highest BCUT2D eigenvalue weighted by Gasteiger charge is 2.29. The molecule has 0 radical (unpaired) electrons. The van der Waals surface area contributed by atoms with E-state index in [1.54, 1.807) is 0 Å².